The van der Waals surface area contributed by atoms with Gasteiger partial charge < -0.3 is 10.2 Å². The summed E-state index contributed by atoms with van der Waals surface area (Å²) in [6, 6.07) is 1.75. The molecular weight excluding hydrogens is 250 g/mol. The number of aromatic nitrogens is 1. The SMILES string of the molecule is CCCNc1cc(C(=O)N2CCCC2)c(Cl)cn1. The van der Waals surface area contributed by atoms with Crippen LogP contribution in [0.5, 0.6) is 0 Å². The van der Waals surface area contributed by atoms with Crippen molar-refractivity contribution in [2.45, 2.75) is 26.2 Å². The van der Waals surface area contributed by atoms with E-state index in [2.05, 4.69) is 17.2 Å². The Balaban J connectivity index is 2.17. The quantitative estimate of drug-likeness (QED) is 0.912. The first-order valence-corrected chi connectivity index (χ1v) is 6.79. The number of likely N-dealkylation sites (tertiary alicyclic amines) is 1. The van der Waals surface area contributed by atoms with Crippen molar-refractivity contribution in [2.75, 3.05) is 25.0 Å². The van der Waals surface area contributed by atoms with Gasteiger partial charge in [-0.15, -0.1) is 0 Å². The smallest absolute Gasteiger partial charge is 0.255 e. The molecule has 1 N–H and O–H groups in total. The van der Waals surface area contributed by atoms with Gasteiger partial charge in [0.25, 0.3) is 5.91 Å². The van der Waals surface area contributed by atoms with Crippen molar-refractivity contribution < 1.29 is 4.79 Å². The second-order valence-electron chi connectivity index (χ2n) is 4.48. The molecule has 0 atom stereocenters. The van der Waals surface area contributed by atoms with Gasteiger partial charge in [-0.1, -0.05) is 18.5 Å². The molecule has 5 heteroatoms. The lowest BCUT2D eigenvalue weighted by Gasteiger charge is -2.16. The number of nitrogens with one attached hydrogen (secondary N) is 1. The van der Waals surface area contributed by atoms with E-state index < -0.39 is 0 Å². The Morgan fingerprint density at radius 2 is 2.22 bits per heavy atom. The second-order valence-corrected chi connectivity index (χ2v) is 4.88. The van der Waals surface area contributed by atoms with Crippen molar-refractivity contribution in [1.29, 1.82) is 0 Å². The molecule has 1 aromatic rings. The van der Waals surface area contributed by atoms with E-state index in [1.54, 1.807) is 12.3 Å². The molecule has 1 aliphatic heterocycles. The molecule has 98 valence electrons. The van der Waals surface area contributed by atoms with E-state index in [1.165, 1.54) is 0 Å². The number of carbonyl (C=O) groups excluding carboxylic acids is 1. The van der Waals surface area contributed by atoms with E-state index in [1.807, 2.05) is 4.90 Å². The number of anilines is 1. The summed E-state index contributed by atoms with van der Waals surface area (Å²) in [5.41, 5.74) is 0.548. The minimum absolute atomic E-state index is 0.0134. The van der Waals surface area contributed by atoms with Gasteiger partial charge in [-0.25, -0.2) is 4.98 Å². The van der Waals surface area contributed by atoms with Crippen LogP contribution in [0, 0.1) is 0 Å². The highest BCUT2D eigenvalue weighted by Crippen LogP contribution is 2.21. The van der Waals surface area contributed by atoms with Gasteiger partial charge in [0.1, 0.15) is 5.82 Å². The van der Waals surface area contributed by atoms with Crippen molar-refractivity contribution in [1.82, 2.24) is 9.88 Å². The first kappa shape index (κ1) is 13.1. The number of hydrogen-bond donors (Lipinski definition) is 1. The zero-order valence-corrected chi connectivity index (χ0v) is 11.3. The van der Waals surface area contributed by atoms with Crippen LogP contribution in [-0.4, -0.2) is 35.4 Å². The molecule has 2 heterocycles. The normalized spacial score (nSPS) is 14.9. The van der Waals surface area contributed by atoms with Crippen LogP contribution in [0.4, 0.5) is 5.82 Å². The molecule has 18 heavy (non-hydrogen) atoms. The van der Waals surface area contributed by atoms with Gasteiger partial charge in [-0.05, 0) is 25.3 Å². The Hall–Kier alpha value is -1.29. The van der Waals surface area contributed by atoms with Crippen molar-refractivity contribution in [2.24, 2.45) is 0 Å². The number of halogens is 1. The molecule has 0 unspecified atom stereocenters. The molecule has 0 bridgehead atoms. The number of amides is 1. The zero-order valence-electron chi connectivity index (χ0n) is 10.6. The molecule has 2 rings (SSSR count). The topological polar surface area (TPSA) is 45.2 Å². The number of carbonyl (C=O) groups is 1. The monoisotopic (exact) mass is 267 g/mol. The van der Waals surface area contributed by atoms with Gasteiger partial charge in [0, 0.05) is 25.8 Å². The average Bonchev–Trinajstić information content (AvgIpc) is 2.91. The van der Waals surface area contributed by atoms with Gasteiger partial charge in [0.2, 0.25) is 0 Å². The molecule has 0 radical (unpaired) electrons. The van der Waals surface area contributed by atoms with E-state index >= 15 is 0 Å². The van der Waals surface area contributed by atoms with E-state index in [4.69, 9.17) is 11.6 Å². The maximum Gasteiger partial charge on any atom is 0.255 e. The van der Waals surface area contributed by atoms with Gasteiger partial charge in [0.15, 0.2) is 0 Å². The predicted molar refractivity (Wildman–Crippen MR) is 73.2 cm³/mol. The van der Waals surface area contributed by atoms with Gasteiger partial charge in [0.05, 0.1) is 10.6 Å². The minimum Gasteiger partial charge on any atom is -0.370 e. The summed E-state index contributed by atoms with van der Waals surface area (Å²) in [6.07, 6.45) is 4.72. The first-order chi connectivity index (χ1) is 8.72. The Labute approximate surface area is 112 Å². The number of hydrogen-bond acceptors (Lipinski definition) is 3. The fraction of sp³-hybridized carbons (Fsp3) is 0.538. The third-order valence-corrected chi connectivity index (χ3v) is 3.34. The summed E-state index contributed by atoms with van der Waals surface area (Å²) in [6.45, 7) is 4.58. The maximum atomic E-state index is 12.3. The van der Waals surface area contributed by atoms with Gasteiger partial charge in [-0.2, -0.15) is 0 Å². The molecule has 1 aliphatic rings. The molecule has 0 spiro atoms. The Kier molecular flexibility index (Phi) is 4.42. The molecule has 1 amide bonds. The Morgan fingerprint density at radius 1 is 1.50 bits per heavy atom. The van der Waals surface area contributed by atoms with Crippen LogP contribution in [0.25, 0.3) is 0 Å². The fourth-order valence-electron chi connectivity index (χ4n) is 2.04. The molecule has 4 nitrogen and oxygen atoms in total. The van der Waals surface area contributed by atoms with E-state index in [0.29, 0.717) is 16.4 Å². The summed E-state index contributed by atoms with van der Waals surface area (Å²) >= 11 is 6.07. The zero-order chi connectivity index (χ0) is 13.0. The van der Waals surface area contributed by atoms with Gasteiger partial charge in [-0.3, -0.25) is 4.79 Å². The summed E-state index contributed by atoms with van der Waals surface area (Å²) in [5, 5.41) is 3.59. The number of pyridine rings is 1. The molecule has 0 saturated carbocycles. The van der Waals surface area contributed by atoms with Crippen LogP contribution in [0.15, 0.2) is 12.3 Å². The lowest BCUT2D eigenvalue weighted by molar-refractivity contribution is 0.0793. The fourth-order valence-corrected chi connectivity index (χ4v) is 2.23. The van der Waals surface area contributed by atoms with Crippen LogP contribution in [0.3, 0.4) is 0 Å². The highest BCUT2D eigenvalue weighted by Gasteiger charge is 2.22. The number of nitrogens with zero attached hydrogens (tertiary/aromatic N) is 2. The summed E-state index contributed by atoms with van der Waals surface area (Å²) in [5.74, 6) is 0.725. The standard InChI is InChI=1S/C13H18ClN3O/c1-2-5-15-12-8-10(11(14)9-16-12)13(18)17-6-3-4-7-17/h8-9H,2-7H2,1H3,(H,15,16). The number of rotatable bonds is 4. The first-order valence-electron chi connectivity index (χ1n) is 6.41. The van der Waals surface area contributed by atoms with Crippen LogP contribution >= 0.6 is 11.6 Å². The second kappa shape index (κ2) is 6.05. The summed E-state index contributed by atoms with van der Waals surface area (Å²) in [4.78, 5) is 18.3. The summed E-state index contributed by atoms with van der Waals surface area (Å²) in [7, 11) is 0. The lowest BCUT2D eigenvalue weighted by atomic mass is 10.2. The van der Waals surface area contributed by atoms with E-state index in [9.17, 15) is 4.79 Å². The van der Waals surface area contributed by atoms with Crippen LogP contribution in [0.1, 0.15) is 36.5 Å². The highest BCUT2D eigenvalue weighted by atomic mass is 35.5. The average molecular weight is 268 g/mol. The van der Waals surface area contributed by atoms with Crippen molar-refractivity contribution >= 4 is 23.3 Å². The van der Waals surface area contributed by atoms with E-state index in [-0.39, 0.29) is 5.91 Å². The van der Waals surface area contributed by atoms with Crippen LogP contribution < -0.4 is 5.32 Å². The van der Waals surface area contributed by atoms with Gasteiger partial charge >= 0.3 is 0 Å². The predicted octanol–water partition coefficient (Wildman–Crippen LogP) is 2.79. The van der Waals surface area contributed by atoms with Crippen molar-refractivity contribution in [3.05, 3.63) is 22.8 Å². The summed E-state index contributed by atoms with van der Waals surface area (Å²) < 4.78 is 0. The third-order valence-electron chi connectivity index (χ3n) is 3.04. The lowest BCUT2D eigenvalue weighted by Crippen LogP contribution is -2.28. The van der Waals surface area contributed by atoms with Crippen LogP contribution in [0.2, 0.25) is 5.02 Å². The molecule has 1 aromatic heterocycles. The van der Waals surface area contributed by atoms with E-state index in [0.717, 1.165) is 38.9 Å². The molecule has 0 aromatic carbocycles. The van der Waals surface area contributed by atoms with Crippen molar-refractivity contribution in [3.8, 4) is 0 Å². The molecule has 0 aliphatic carbocycles. The third kappa shape index (κ3) is 2.93. The Morgan fingerprint density at radius 3 is 2.89 bits per heavy atom. The Bertz CT molecular complexity index is 430. The minimum atomic E-state index is 0.0134. The van der Waals surface area contributed by atoms with Crippen molar-refractivity contribution in [3.63, 3.8) is 0 Å². The molecule has 1 fully saturated rings. The molecular formula is C13H18ClN3O. The largest absolute Gasteiger partial charge is 0.370 e. The maximum absolute atomic E-state index is 12.3. The molecule has 1 saturated heterocycles. The highest BCUT2D eigenvalue weighted by molar-refractivity contribution is 6.33. The van der Waals surface area contributed by atoms with Crippen LogP contribution in [-0.2, 0) is 0 Å².